The van der Waals surface area contributed by atoms with Gasteiger partial charge in [-0.05, 0) is 24.6 Å². The minimum Gasteiger partial charge on any atom is -0.386 e. The van der Waals surface area contributed by atoms with Crippen LogP contribution in [0.1, 0.15) is 23.5 Å². The number of aliphatic hydroxyl groups excluding tert-OH is 1. The van der Waals surface area contributed by atoms with E-state index in [0.29, 0.717) is 34.9 Å². The maximum Gasteiger partial charge on any atom is 0.191 e. The van der Waals surface area contributed by atoms with Crippen molar-refractivity contribution in [3.05, 3.63) is 57.2 Å². The van der Waals surface area contributed by atoms with Crippen LogP contribution in [0.25, 0.3) is 0 Å². The molecule has 0 fully saturated rings. The summed E-state index contributed by atoms with van der Waals surface area (Å²) in [4.78, 5) is 5.18. The van der Waals surface area contributed by atoms with Crippen molar-refractivity contribution in [1.82, 2.24) is 10.6 Å². The third-order valence-electron chi connectivity index (χ3n) is 3.48. The van der Waals surface area contributed by atoms with Gasteiger partial charge in [0.15, 0.2) is 5.96 Å². The predicted octanol–water partition coefficient (Wildman–Crippen LogP) is 3.56. The number of nitrogens with zero attached hydrogens (tertiary/aromatic N) is 1. The van der Waals surface area contributed by atoms with Crippen molar-refractivity contribution in [1.29, 1.82) is 0 Å². The van der Waals surface area contributed by atoms with Crippen molar-refractivity contribution >= 4 is 63.7 Å². The van der Waals surface area contributed by atoms with E-state index in [4.69, 9.17) is 11.6 Å². The maximum absolute atomic E-state index is 12.2. The van der Waals surface area contributed by atoms with E-state index in [1.807, 2.05) is 37.3 Å². The molecule has 2 aromatic rings. The van der Waals surface area contributed by atoms with Gasteiger partial charge in [0, 0.05) is 40.3 Å². The number of thiophene rings is 1. The number of benzene rings is 1. The first-order valence-corrected chi connectivity index (χ1v) is 11.1. The topological polar surface area (TPSA) is 73.7 Å². The number of guanidine groups is 1. The van der Waals surface area contributed by atoms with Gasteiger partial charge in [-0.25, -0.2) is 0 Å². The Bertz CT molecular complexity index is 728. The molecule has 0 aliphatic heterocycles. The fourth-order valence-corrected chi connectivity index (χ4v) is 4.31. The lowest BCUT2D eigenvalue weighted by Gasteiger charge is -2.12. The molecule has 150 valence electrons. The number of rotatable bonds is 9. The van der Waals surface area contributed by atoms with Crippen LogP contribution in [0.5, 0.6) is 0 Å². The Balaban J connectivity index is 0.00000364. The van der Waals surface area contributed by atoms with E-state index in [9.17, 15) is 9.32 Å². The second-order valence-corrected chi connectivity index (χ2v) is 8.90. The first-order chi connectivity index (χ1) is 12.6. The van der Waals surface area contributed by atoms with Crippen molar-refractivity contribution in [3.8, 4) is 0 Å². The molecule has 2 rings (SSSR count). The summed E-state index contributed by atoms with van der Waals surface area (Å²) in [7, 11) is -0.939. The SMILES string of the molecule is CCNC(=NCC(O)c1ccc(Cl)s1)NCCS(=O)Cc1ccccc1.I. The average molecular weight is 542 g/mol. The smallest absolute Gasteiger partial charge is 0.191 e. The summed E-state index contributed by atoms with van der Waals surface area (Å²) >= 11 is 7.24. The number of hydrogen-bond donors (Lipinski definition) is 3. The summed E-state index contributed by atoms with van der Waals surface area (Å²) < 4.78 is 12.8. The molecule has 2 unspecified atom stereocenters. The van der Waals surface area contributed by atoms with E-state index in [1.165, 1.54) is 11.3 Å². The first-order valence-electron chi connectivity index (χ1n) is 8.43. The Morgan fingerprint density at radius 3 is 2.63 bits per heavy atom. The quantitative estimate of drug-likeness (QED) is 0.258. The van der Waals surface area contributed by atoms with E-state index in [-0.39, 0.29) is 30.5 Å². The van der Waals surface area contributed by atoms with Crippen LogP contribution in [0.15, 0.2) is 47.5 Å². The maximum atomic E-state index is 12.2. The normalized spacial score (nSPS) is 13.5. The molecule has 3 N–H and O–H groups in total. The van der Waals surface area contributed by atoms with Crippen molar-refractivity contribution in [2.24, 2.45) is 4.99 Å². The van der Waals surface area contributed by atoms with E-state index in [2.05, 4.69) is 15.6 Å². The predicted molar refractivity (Wildman–Crippen MR) is 127 cm³/mol. The van der Waals surface area contributed by atoms with Gasteiger partial charge in [-0.1, -0.05) is 41.9 Å². The van der Waals surface area contributed by atoms with Crippen LogP contribution in [0.2, 0.25) is 4.34 Å². The van der Waals surface area contributed by atoms with Crippen molar-refractivity contribution in [3.63, 3.8) is 0 Å². The molecule has 0 aliphatic carbocycles. The first kappa shape index (κ1) is 24.4. The minimum atomic E-state index is -0.939. The number of halogens is 2. The lowest BCUT2D eigenvalue weighted by Crippen LogP contribution is -2.39. The van der Waals surface area contributed by atoms with E-state index >= 15 is 0 Å². The monoisotopic (exact) mass is 541 g/mol. The molecule has 0 aliphatic rings. The summed E-state index contributed by atoms with van der Waals surface area (Å²) in [5, 5.41) is 16.5. The zero-order valence-electron chi connectivity index (χ0n) is 15.1. The molecule has 0 spiro atoms. The van der Waals surface area contributed by atoms with Gasteiger partial charge in [0.2, 0.25) is 0 Å². The summed E-state index contributed by atoms with van der Waals surface area (Å²) in [6.07, 6.45) is -0.685. The van der Waals surface area contributed by atoms with Crippen LogP contribution in [0.3, 0.4) is 0 Å². The van der Waals surface area contributed by atoms with Crippen molar-refractivity contribution in [2.45, 2.75) is 18.8 Å². The second-order valence-electron chi connectivity index (χ2n) is 5.58. The lowest BCUT2D eigenvalue weighted by atomic mass is 10.2. The molecule has 1 aromatic heterocycles. The fraction of sp³-hybridized carbons (Fsp3) is 0.389. The molecule has 0 saturated carbocycles. The van der Waals surface area contributed by atoms with E-state index in [1.54, 1.807) is 12.1 Å². The Kier molecular flexibility index (Phi) is 12.2. The van der Waals surface area contributed by atoms with Gasteiger partial charge in [-0.3, -0.25) is 9.20 Å². The zero-order valence-corrected chi connectivity index (χ0v) is 19.8. The average Bonchev–Trinajstić information content (AvgIpc) is 3.07. The molecule has 0 amide bonds. The Labute approximate surface area is 189 Å². The van der Waals surface area contributed by atoms with Gasteiger partial charge in [-0.15, -0.1) is 35.3 Å². The Morgan fingerprint density at radius 2 is 2.00 bits per heavy atom. The highest BCUT2D eigenvalue weighted by molar-refractivity contribution is 14.0. The molecule has 1 aromatic carbocycles. The second kappa shape index (κ2) is 13.5. The van der Waals surface area contributed by atoms with Crippen LogP contribution in [0.4, 0.5) is 0 Å². The van der Waals surface area contributed by atoms with Crippen LogP contribution >= 0.6 is 46.9 Å². The third kappa shape index (κ3) is 9.38. The van der Waals surface area contributed by atoms with Gasteiger partial charge < -0.3 is 15.7 Å². The Morgan fingerprint density at radius 1 is 1.26 bits per heavy atom. The van der Waals surface area contributed by atoms with Crippen LogP contribution in [-0.2, 0) is 16.6 Å². The van der Waals surface area contributed by atoms with Gasteiger partial charge in [0.25, 0.3) is 0 Å². The molecule has 5 nitrogen and oxygen atoms in total. The number of nitrogens with one attached hydrogen (secondary N) is 2. The van der Waals surface area contributed by atoms with Crippen molar-refractivity contribution < 1.29 is 9.32 Å². The molecule has 27 heavy (non-hydrogen) atoms. The summed E-state index contributed by atoms with van der Waals surface area (Å²) in [6.45, 7) is 3.46. The van der Waals surface area contributed by atoms with E-state index in [0.717, 1.165) is 10.4 Å². The molecule has 1 heterocycles. The minimum absolute atomic E-state index is 0. The molecule has 0 radical (unpaired) electrons. The Hall–Kier alpha value is -0.680. The largest absolute Gasteiger partial charge is 0.386 e. The standard InChI is InChI=1S/C18H24ClN3O2S2.HI/c1-2-20-18(22-12-15(23)16-8-9-17(19)25-16)21-10-11-26(24)13-14-6-4-3-5-7-14;/h3-9,15,23H,2,10-13H2,1H3,(H2,20,21,22);1H. The summed E-state index contributed by atoms with van der Waals surface area (Å²) in [6, 6.07) is 13.4. The summed E-state index contributed by atoms with van der Waals surface area (Å²) in [5.41, 5.74) is 1.07. The van der Waals surface area contributed by atoms with Gasteiger partial charge in [0.1, 0.15) is 6.10 Å². The number of aliphatic hydroxyl groups is 1. The number of hydrogen-bond acceptors (Lipinski definition) is 4. The molecule has 2 atom stereocenters. The van der Waals surface area contributed by atoms with E-state index < -0.39 is 16.9 Å². The van der Waals surface area contributed by atoms with Gasteiger partial charge in [0.05, 0.1) is 10.9 Å². The highest BCUT2D eigenvalue weighted by Gasteiger charge is 2.10. The molecular formula is C18H25ClIN3O2S2. The van der Waals surface area contributed by atoms with Gasteiger partial charge in [-0.2, -0.15) is 0 Å². The molecular weight excluding hydrogens is 517 g/mol. The zero-order chi connectivity index (χ0) is 18.8. The van der Waals surface area contributed by atoms with Crippen molar-refractivity contribution in [2.75, 3.05) is 25.4 Å². The number of aliphatic imine (C=N–C) groups is 1. The summed E-state index contributed by atoms with van der Waals surface area (Å²) in [5.74, 6) is 1.68. The highest BCUT2D eigenvalue weighted by Crippen LogP contribution is 2.26. The lowest BCUT2D eigenvalue weighted by molar-refractivity contribution is 0.191. The van der Waals surface area contributed by atoms with Crippen LogP contribution in [-0.4, -0.2) is 40.7 Å². The van der Waals surface area contributed by atoms with Gasteiger partial charge >= 0.3 is 0 Å². The molecule has 0 saturated heterocycles. The molecule has 0 bridgehead atoms. The highest BCUT2D eigenvalue weighted by atomic mass is 127. The fourth-order valence-electron chi connectivity index (χ4n) is 2.23. The van der Waals surface area contributed by atoms with Crippen LogP contribution in [0, 0.1) is 0 Å². The third-order valence-corrected chi connectivity index (χ3v) is 6.13. The van der Waals surface area contributed by atoms with Crippen LogP contribution < -0.4 is 10.6 Å². The molecule has 9 heteroatoms.